The Kier molecular flexibility index (Phi) is 5.94. The standard InChI is InChI=1S/C21H25N5O2/c1-2-27-19-7-5-17(6-8-19)15-25-10-12-26(13-11-25)16-20-23-21(24-28-20)18-4-3-9-22-14-18/h3-9,14H,2,10-13,15-16H2,1H3. The van der Waals surface area contributed by atoms with Gasteiger partial charge in [-0.05, 0) is 36.8 Å². The van der Waals surface area contributed by atoms with Crippen LogP contribution in [0, 0.1) is 0 Å². The van der Waals surface area contributed by atoms with Gasteiger partial charge < -0.3 is 9.26 Å². The molecular formula is C21H25N5O2. The van der Waals surface area contributed by atoms with E-state index in [-0.39, 0.29) is 0 Å². The van der Waals surface area contributed by atoms with Crippen LogP contribution in [0.4, 0.5) is 0 Å². The SMILES string of the molecule is CCOc1ccc(CN2CCN(Cc3nc(-c4cccnc4)no3)CC2)cc1. The monoisotopic (exact) mass is 379 g/mol. The molecule has 28 heavy (non-hydrogen) atoms. The molecule has 1 aromatic carbocycles. The van der Waals surface area contributed by atoms with E-state index in [9.17, 15) is 0 Å². The van der Waals surface area contributed by atoms with Crippen molar-refractivity contribution in [2.24, 2.45) is 0 Å². The van der Waals surface area contributed by atoms with E-state index in [1.807, 2.05) is 31.2 Å². The van der Waals surface area contributed by atoms with Crippen LogP contribution in [0.1, 0.15) is 18.4 Å². The minimum Gasteiger partial charge on any atom is -0.494 e. The first-order chi connectivity index (χ1) is 13.8. The Morgan fingerprint density at radius 2 is 1.75 bits per heavy atom. The van der Waals surface area contributed by atoms with E-state index in [0.717, 1.165) is 44.0 Å². The van der Waals surface area contributed by atoms with Crippen molar-refractivity contribution in [1.29, 1.82) is 0 Å². The lowest BCUT2D eigenvalue weighted by molar-refractivity contribution is 0.112. The molecule has 7 heteroatoms. The third-order valence-electron chi connectivity index (χ3n) is 4.85. The molecule has 7 nitrogen and oxygen atoms in total. The zero-order chi connectivity index (χ0) is 19.2. The summed E-state index contributed by atoms with van der Waals surface area (Å²) in [6, 6.07) is 12.2. The Labute approximate surface area is 164 Å². The average molecular weight is 379 g/mol. The van der Waals surface area contributed by atoms with Crippen molar-refractivity contribution in [2.45, 2.75) is 20.0 Å². The number of rotatable bonds is 7. The van der Waals surface area contributed by atoms with Gasteiger partial charge in [-0.2, -0.15) is 4.98 Å². The Morgan fingerprint density at radius 1 is 1.00 bits per heavy atom. The van der Waals surface area contributed by atoms with Crippen LogP contribution in [-0.2, 0) is 13.1 Å². The third-order valence-corrected chi connectivity index (χ3v) is 4.85. The number of aromatic nitrogens is 3. The van der Waals surface area contributed by atoms with Gasteiger partial charge in [-0.25, -0.2) is 0 Å². The van der Waals surface area contributed by atoms with E-state index in [1.165, 1.54) is 5.56 Å². The largest absolute Gasteiger partial charge is 0.494 e. The second-order valence-corrected chi connectivity index (χ2v) is 6.88. The summed E-state index contributed by atoms with van der Waals surface area (Å²) in [5, 5.41) is 4.07. The lowest BCUT2D eigenvalue weighted by Gasteiger charge is -2.33. The van der Waals surface area contributed by atoms with Crippen molar-refractivity contribution < 1.29 is 9.26 Å². The highest BCUT2D eigenvalue weighted by Crippen LogP contribution is 2.17. The number of nitrogens with zero attached hydrogens (tertiary/aromatic N) is 5. The molecule has 0 N–H and O–H groups in total. The molecule has 0 bridgehead atoms. The quantitative estimate of drug-likeness (QED) is 0.625. The number of hydrogen-bond donors (Lipinski definition) is 0. The van der Waals surface area contributed by atoms with Gasteiger partial charge >= 0.3 is 0 Å². The summed E-state index contributed by atoms with van der Waals surface area (Å²) in [4.78, 5) is 13.4. The fourth-order valence-electron chi connectivity index (χ4n) is 3.34. The van der Waals surface area contributed by atoms with Gasteiger partial charge in [0.05, 0.1) is 13.2 Å². The zero-order valence-corrected chi connectivity index (χ0v) is 16.1. The molecule has 1 fully saturated rings. The van der Waals surface area contributed by atoms with E-state index in [0.29, 0.717) is 24.9 Å². The summed E-state index contributed by atoms with van der Waals surface area (Å²) >= 11 is 0. The van der Waals surface area contributed by atoms with Gasteiger partial charge in [0.2, 0.25) is 11.7 Å². The summed E-state index contributed by atoms with van der Waals surface area (Å²) in [6.45, 7) is 8.37. The van der Waals surface area contributed by atoms with Crippen LogP contribution in [0.15, 0.2) is 53.3 Å². The summed E-state index contributed by atoms with van der Waals surface area (Å²) in [5.41, 5.74) is 2.19. The predicted octanol–water partition coefficient (Wildman–Crippen LogP) is 2.85. The predicted molar refractivity (Wildman–Crippen MR) is 106 cm³/mol. The Morgan fingerprint density at radius 3 is 2.43 bits per heavy atom. The molecule has 0 atom stereocenters. The second kappa shape index (κ2) is 8.95. The van der Waals surface area contributed by atoms with Gasteiger partial charge in [0.25, 0.3) is 0 Å². The van der Waals surface area contributed by atoms with Crippen LogP contribution < -0.4 is 4.74 Å². The van der Waals surface area contributed by atoms with E-state index >= 15 is 0 Å². The average Bonchev–Trinajstić information content (AvgIpc) is 3.20. The minimum atomic E-state index is 0.595. The van der Waals surface area contributed by atoms with Gasteiger partial charge in [-0.1, -0.05) is 17.3 Å². The van der Waals surface area contributed by atoms with Crippen LogP contribution >= 0.6 is 0 Å². The summed E-state index contributed by atoms with van der Waals surface area (Å²) in [7, 11) is 0. The van der Waals surface area contributed by atoms with E-state index in [1.54, 1.807) is 12.4 Å². The summed E-state index contributed by atoms with van der Waals surface area (Å²) in [6.07, 6.45) is 3.48. The highest BCUT2D eigenvalue weighted by atomic mass is 16.5. The lowest BCUT2D eigenvalue weighted by atomic mass is 10.2. The number of ether oxygens (including phenoxy) is 1. The van der Waals surface area contributed by atoms with Crippen molar-refractivity contribution in [2.75, 3.05) is 32.8 Å². The highest BCUT2D eigenvalue weighted by Gasteiger charge is 2.19. The molecule has 146 valence electrons. The second-order valence-electron chi connectivity index (χ2n) is 6.88. The summed E-state index contributed by atoms with van der Waals surface area (Å²) < 4.78 is 10.9. The normalized spacial score (nSPS) is 15.6. The smallest absolute Gasteiger partial charge is 0.241 e. The Hall–Kier alpha value is -2.77. The topological polar surface area (TPSA) is 67.5 Å². The molecule has 0 spiro atoms. The van der Waals surface area contributed by atoms with Gasteiger partial charge in [-0.15, -0.1) is 0 Å². The molecule has 4 rings (SSSR count). The van der Waals surface area contributed by atoms with Crippen LogP contribution in [0.3, 0.4) is 0 Å². The molecule has 3 aromatic rings. The van der Waals surface area contributed by atoms with E-state index in [4.69, 9.17) is 9.26 Å². The van der Waals surface area contributed by atoms with Gasteiger partial charge in [-0.3, -0.25) is 14.8 Å². The van der Waals surface area contributed by atoms with Gasteiger partial charge in [0.15, 0.2) is 0 Å². The number of benzene rings is 1. The van der Waals surface area contributed by atoms with Gasteiger partial charge in [0, 0.05) is 50.7 Å². The molecule has 1 aliphatic heterocycles. The minimum absolute atomic E-state index is 0.595. The van der Waals surface area contributed by atoms with E-state index in [2.05, 4.69) is 37.1 Å². The van der Waals surface area contributed by atoms with Crippen molar-refractivity contribution in [1.82, 2.24) is 24.9 Å². The van der Waals surface area contributed by atoms with Crippen LogP contribution in [-0.4, -0.2) is 57.7 Å². The van der Waals surface area contributed by atoms with Crippen LogP contribution in [0.25, 0.3) is 11.4 Å². The number of pyridine rings is 1. The van der Waals surface area contributed by atoms with Gasteiger partial charge in [0.1, 0.15) is 5.75 Å². The Balaban J connectivity index is 1.26. The molecule has 1 saturated heterocycles. The van der Waals surface area contributed by atoms with Crippen molar-refractivity contribution in [3.63, 3.8) is 0 Å². The third kappa shape index (κ3) is 4.74. The summed E-state index contributed by atoms with van der Waals surface area (Å²) in [5.74, 6) is 2.18. The molecule has 0 saturated carbocycles. The fourth-order valence-corrected chi connectivity index (χ4v) is 3.34. The first-order valence-electron chi connectivity index (χ1n) is 9.69. The molecule has 3 heterocycles. The van der Waals surface area contributed by atoms with Crippen LogP contribution in [0.2, 0.25) is 0 Å². The highest BCUT2D eigenvalue weighted by molar-refractivity contribution is 5.51. The lowest BCUT2D eigenvalue weighted by Crippen LogP contribution is -2.45. The van der Waals surface area contributed by atoms with Crippen LogP contribution in [0.5, 0.6) is 5.75 Å². The van der Waals surface area contributed by atoms with E-state index < -0.39 is 0 Å². The molecular weight excluding hydrogens is 354 g/mol. The molecule has 0 unspecified atom stereocenters. The van der Waals surface area contributed by atoms with Crippen molar-refractivity contribution >= 4 is 0 Å². The molecule has 2 aromatic heterocycles. The maximum absolute atomic E-state index is 5.51. The first kappa shape index (κ1) is 18.6. The fraction of sp³-hybridized carbons (Fsp3) is 0.381. The molecule has 1 aliphatic rings. The number of hydrogen-bond acceptors (Lipinski definition) is 7. The molecule has 0 radical (unpaired) electrons. The first-order valence-corrected chi connectivity index (χ1v) is 9.69. The zero-order valence-electron chi connectivity index (χ0n) is 16.1. The maximum atomic E-state index is 5.51. The maximum Gasteiger partial charge on any atom is 0.241 e. The van der Waals surface area contributed by atoms with Crippen molar-refractivity contribution in [3.8, 4) is 17.1 Å². The molecule has 0 amide bonds. The molecule has 0 aliphatic carbocycles. The van der Waals surface area contributed by atoms with Crippen molar-refractivity contribution in [3.05, 3.63) is 60.2 Å². The Bertz CT molecular complexity index is 858. The number of piperazine rings is 1.